The van der Waals surface area contributed by atoms with Gasteiger partial charge < -0.3 is 19.5 Å². The van der Waals surface area contributed by atoms with Gasteiger partial charge in [-0.2, -0.15) is 13.2 Å². The lowest BCUT2D eigenvalue weighted by Crippen LogP contribution is -2.42. The molecule has 0 saturated heterocycles. The molecule has 4 rings (SSSR count). The van der Waals surface area contributed by atoms with Crippen LogP contribution in [0.4, 0.5) is 18.9 Å². The van der Waals surface area contributed by atoms with Crippen LogP contribution in [0.1, 0.15) is 12.8 Å². The van der Waals surface area contributed by atoms with Crippen molar-refractivity contribution in [3.05, 3.63) is 90.2 Å². The average molecular weight is 457 g/mol. The van der Waals surface area contributed by atoms with E-state index in [1.54, 1.807) is 47.6 Å². The lowest BCUT2D eigenvalue weighted by molar-refractivity contribution is -0.200. The first-order valence-electron chi connectivity index (χ1n) is 10.9. The molecule has 174 valence electrons. The molecule has 0 saturated carbocycles. The van der Waals surface area contributed by atoms with Gasteiger partial charge >= 0.3 is 6.18 Å². The Morgan fingerprint density at radius 2 is 1.88 bits per heavy atom. The Bertz CT molecular complexity index is 1030. The molecule has 2 unspecified atom stereocenters. The second kappa shape index (κ2) is 10.2. The van der Waals surface area contributed by atoms with Gasteiger partial charge in [-0.05, 0) is 36.3 Å². The number of halogens is 3. The van der Waals surface area contributed by atoms with Crippen LogP contribution in [0.5, 0.6) is 11.5 Å². The van der Waals surface area contributed by atoms with E-state index in [1.807, 2.05) is 30.4 Å². The highest BCUT2D eigenvalue weighted by atomic mass is 19.4. The molecular formula is C26H26F3NO3. The van der Waals surface area contributed by atoms with E-state index in [0.717, 1.165) is 12.0 Å². The van der Waals surface area contributed by atoms with Crippen LogP contribution >= 0.6 is 0 Å². The molecule has 1 aliphatic carbocycles. The summed E-state index contributed by atoms with van der Waals surface area (Å²) in [6.07, 6.45) is 2.15. The van der Waals surface area contributed by atoms with Gasteiger partial charge in [-0.1, -0.05) is 48.1 Å². The van der Waals surface area contributed by atoms with Gasteiger partial charge in [-0.25, -0.2) is 0 Å². The molecule has 2 aromatic rings. The quantitative estimate of drug-likeness (QED) is 0.527. The van der Waals surface area contributed by atoms with Crippen molar-refractivity contribution in [3.8, 4) is 11.5 Å². The lowest BCUT2D eigenvalue weighted by Gasteiger charge is -2.31. The minimum absolute atomic E-state index is 0.176. The van der Waals surface area contributed by atoms with Crippen LogP contribution < -0.4 is 9.64 Å². The molecule has 0 spiro atoms. The standard InChI is InChI=1S/C26H26F3NO3/c27-26(28,29)25(31)17-30(16-19-6-4-7-20(14-19)21-12-13-32-18-21)22-8-5-11-24(15-22)33-23-9-2-1-3-10-23/h1-11,15,18,20,25,31H,12-14,16-17H2. The van der Waals surface area contributed by atoms with Crippen molar-refractivity contribution in [2.75, 3.05) is 24.6 Å². The Kier molecular flexibility index (Phi) is 7.08. The topological polar surface area (TPSA) is 41.9 Å². The lowest BCUT2D eigenvalue weighted by atomic mass is 9.87. The summed E-state index contributed by atoms with van der Waals surface area (Å²) in [4.78, 5) is 1.55. The third kappa shape index (κ3) is 6.20. The zero-order valence-electron chi connectivity index (χ0n) is 18.0. The van der Waals surface area contributed by atoms with E-state index in [0.29, 0.717) is 30.2 Å². The number of hydrogen-bond acceptors (Lipinski definition) is 4. The maximum atomic E-state index is 13.2. The minimum Gasteiger partial charge on any atom is -0.501 e. The van der Waals surface area contributed by atoms with E-state index in [4.69, 9.17) is 9.47 Å². The number of benzene rings is 2. The summed E-state index contributed by atoms with van der Waals surface area (Å²) in [5.74, 6) is 1.31. The second-order valence-corrected chi connectivity index (χ2v) is 8.18. The molecule has 33 heavy (non-hydrogen) atoms. The van der Waals surface area contributed by atoms with Gasteiger partial charge in [-0.15, -0.1) is 0 Å². The SMILES string of the molecule is OC(CN(CC1=CC=CC(C2=COCC2)C1)c1cccc(Oc2ccccc2)c1)C(F)(F)F. The first-order valence-corrected chi connectivity index (χ1v) is 10.9. The number of allylic oxidation sites excluding steroid dienone is 3. The molecule has 4 nitrogen and oxygen atoms in total. The highest BCUT2D eigenvalue weighted by Crippen LogP contribution is 2.33. The number of aliphatic hydroxyl groups excluding tert-OH is 1. The average Bonchev–Trinajstić information content (AvgIpc) is 3.34. The number of nitrogens with zero attached hydrogens (tertiary/aromatic N) is 1. The summed E-state index contributed by atoms with van der Waals surface area (Å²) < 4.78 is 50.8. The first kappa shape index (κ1) is 23.0. The van der Waals surface area contributed by atoms with Crippen LogP contribution in [0, 0.1) is 5.92 Å². The maximum absolute atomic E-state index is 13.2. The number of alkyl halides is 3. The molecule has 7 heteroatoms. The van der Waals surface area contributed by atoms with Gasteiger partial charge in [0.2, 0.25) is 0 Å². The van der Waals surface area contributed by atoms with Crippen LogP contribution in [-0.4, -0.2) is 37.1 Å². The van der Waals surface area contributed by atoms with E-state index in [-0.39, 0.29) is 12.5 Å². The molecule has 2 atom stereocenters. The highest BCUT2D eigenvalue weighted by Gasteiger charge is 2.39. The summed E-state index contributed by atoms with van der Waals surface area (Å²) >= 11 is 0. The van der Waals surface area contributed by atoms with Gasteiger partial charge in [0, 0.05) is 30.6 Å². The number of ether oxygens (including phenoxy) is 2. The fourth-order valence-corrected chi connectivity index (χ4v) is 3.98. The van der Waals surface area contributed by atoms with Gasteiger partial charge in [0.15, 0.2) is 6.10 Å². The Hall–Kier alpha value is -3.19. The highest BCUT2D eigenvalue weighted by molar-refractivity contribution is 5.53. The molecule has 2 aromatic carbocycles. The third-order valence-corrected chi connectivity index (χ3v) is 5.70. The number of aliphatic hydroxyl groups is 1. The summed E-state index contributed by atoms with van der Waals surface area (Å²) in [5, 5.41) is 9.82. The molecule has 0 fully saturated rings. The molecule has 1 aliphatic heterocycles. The molecule has 0 bridgehead atoms. The van der Waals surface area contributed by atoms with Gasteiger partial charge in [0.1, 0.15) is 11.5 Å². The summed E-state index contributed by atoms with van der Waals surface area (Å²) in [6.45, 7) is 0.351. The monoisotopic (exact) mass is 457 g/mol. The predicted molar refractivity (Wildman–Crippen MR) is 121 cm³/mol. The van der Waals surface area contributed by atoms with Gasteiger partial charge in [0.25, 0.3) is 0 Å². The fraction of sp³-hybridized carbons (Fsp3) is 0.308. The zero-order valence-corrected chi connectivity index (χ0v) is 18.0. The van der Waals surface area contributed by atoms with Crippen molar-refractivity contribution in [1.29, 1.82) is 0 Å². The zero-order chi connectivity index (χ0) is 23.3. The van der Waals surface area contributed by atoms with Gasteiger partial charge in [0.05, 0.1) is 19.4 Å². The first-order chi connectivity index (χ1) is 15.9. The molecule has 2 aliphatic rings. The van der Waals surface area contributed by atoms with E-state index in [9.17, 15) is 18.3 Å². The van der Waals surface area contributed by atoms with Crippen molar-refractivity contribution >= 4 is 5.69 Å². The Labute approximate surface area is 191 Å². The van der Waals surface area contributed by atoms with E-state index >= 15 is 0 Å². The Morgan fingerprint density at radius 3 is 2.61 bits per heavy atom. The van der Waals surface area contributed by atoms with Crippen molar-refractivity contribution < 1.29 is 27.8 Å². The summed E-state index contributed by atoms with van der Waals surface area (Å²) in [6, 6.07) is 16.1. The van der Waals surface area contributed by atoms with Crippen LogP contribution in [-0.2, 0) is 4.74 Å². The van der Waals surface area contributed by atoms with Gasteiger partial charge in [-0.3, -0.25) is 0 Å². The summed E-state index contributed by atoms with van der Waals surface area (Å²) in [5.41, 5.74) is 2.72. The van der Waals surface area contributed by atoms with Crippen molar-refractivity contribution in [2.45, 2.75) is 25.1 Å². The normalized spacial score (nSPS) is 18.8. The molecule has 1 heterocycles. The van der Waals surface area contributed by atoms with Crippen molar-refractivity contribution in [1.82, 2.24) is 0 Å². The molecule has 0 amide bonds. The Morgan fingerprint density at radius 1 is 1.09 bits per heavy atom. The minimum atomic E-state index is -4.70. The summed E-state index contributed by atoms with van der Waals surface area (Å²) in [7, 11) is 0. The van der Waals surface area contributed by atoms with Crippen LogP contribution in [0.25, 0.3) is 0 Å². The van der Waals surface area contributed by atoms with Crippen LogP contribution in [0.3, 0.4) is 0 Å². The number of hydrogen-bond donors (Lipinski definition) is 1. The second-order valence-electron chi connectivity index (χ2n) is 8.18. The maximum Gasteiger partial charge on any atom is 0.416 e. The molecule has 0 aromatic heterocycles. The Balaban J connectivity index is 1.54. The largest absolute Gasteiger partial charge is 0.501 e. The van der Waals surface area contributed by atoms with Crippen LogP contribution in [0.2, 0.25) is 0 Å². The number of anilines is 1. The van der Waals surface area contributed by atoms with E-state index in [1.165, 1.54) is 5.57 Å². The number of para-hydroxylation sites is 1. The molecule has 1 N–H and O–H groups in total. The smallest absolute Gasteiger partial charge is 0.416 e. The third-order valence-electron chi connectivity index (χ3n) is 5.70. The van der Waals surface area contributed by atoms with Crippen molar-refractivity contribution in [3.63, 3.8) is 0 Å². The molecule has 0 radical (unpaired) electrons. The molecular weight excluding hydrogens is 431 g/mol. The van der Waals surface area contributed by atoms with E-state index in [2.05, 4.69) is 6.08 Å². The predicted octanol–water partition coefficient (Wildman–Crippen LogP) is 6.02. The number of rotatable bonds is 8. The fourth-order valence-electron chi connectivity index (χ4n) is 3.98. The van der Waals surface area contributed by atoms with Crippen LogP contribution in [0.15, 0.2) is 90.2 Å². The van der Waals surface area contributed by atoms with Crippen molar-refractivity contribution in [2.24, 2.45) is 5.92 Å². The van der Waals surface area contributed by atoms with E-state index < -0.39 is 18.8 Å².